The Kier molecular flexibility index (Phi) is 3.93. The van der Waals surface area contributed by atoms with Gasteiger partial charge in [0.15, 0.2) is 11.5 Å². The number of aromatic nitrogens is 1. The molecule has 0 radical (unpaired) electrons. The fourth-order valence-electron chi connectivity index (χ4n) is 3.06. The summed E-state index contributed by atoms with van der Waals surface area (Å²) in [7, 11) is 0. The van der Waals surface area contributed by atoms with Crippen LogP contribution in [-0.2, 0) is 0 Å². The summed E-state index contributed by atoms with van der Waals surface area (Å²) in [6.07, 6.45) is 1.58. The molecule has 23 heavy (non-hydrogen) atoms. The van der Waals surface area contributed by atoms with E-state index in [1.165, 1.54) is 12.1 Å². The fraction of sp³-hybridized carbons (Fsp3) is 0.412. The van der Waals surface area contributed by atoms with Crippen molar-refractivity contribution in [3.8, 4) is 11.3 Å². The molecule has 1 N–H and O–H groups in total. The molecule has 1 atom stereocenters. The lowest BCUT2D eigenvalue weighted by Gasteiger charge is -2.33. The lowest BCUT2D eigenvalue weighted by Crippen LogP contribution is -2.48. The van der Waals surface area contributed by atoms with Crippen molar-refractivity contribution in [2.45, 2.75) is 38.3 Å². The SMILES string of the molecule is CC(C)(O)C1CCCN1C(=O)c1cc(-c2ccccc2F)on1. The van der Waals surface area contributed by atoms with Gasteiger partial charge in [-0.3, -0.25) is 4.79 Å². The Morgan fingerprint density at radius 1 is 1.43 bits per heavy atom. The molecule has 1 fully saturated rings. The highest BCUT2D eigenvalue weighted by Gasteiger charge is 2.39. The molecule has 1 aliphatic rings. The van der Waals surface area contributed by atoms with Crippen LogP contribution in [0.25, 0.3) is 11.3 Å². The minimum Gasteiger partial charge on any atom is -0.388 e. The maximum atomic E-state index is 13.8. The lowest BCUT2D eigenvalue weighted by molar-refractivity contribution is -0.0000243. The van der Waals surface area contributed by atoms with Crippen molar-refractivity contribution in [2.75, 3.05) is 6.54 Å². The van der Waals surface area contributed by atoms with E-state index in [0.29, 0.717) is 6.54 Å². The predicted octanol–water partition coefficient (Wildman–Crippen LogP) is 2.86. The van der Waals surface area contributed by atoms with Crippen molar-refractivity contribution < 1.29 is 18.8 Å². The Morgan fingerprint density at radius 3 is 2.87 bits per heavy atom. The quantitative estimate of drug-likeness (QED) is 0.945. The average molecular weight is 318 g/mol. The van der Waals surface area contributed by atoms with Crippen LogP contribution in [0.2, 0.25) is 0 Å². The first-order valence-corrected chi connectivity index (χ1v) is 7.63. The number of aliphatic hydroxyl groups is 1. The van der Waals surface area contributed by atoms with E-state index >= 15 is 0 Å². The summed E-state index contributed by atoms with van der Waals surface area (Å²) in [5.74, 6) is -0.524. The molecule has 6 heteroatoms. The van der Waals surface area contributed by atoms with E-state index in [1.54, 1.807) is 36.9 Å². The van der Waals surface area contributed by atoms with Crippen molar-refractivity contribution >= 4 is 5.91 Å². The molecule has 2 aromatic rings. The molecule has 0 aliphatic carbocycles. The van der Waals surface area contributed by atoms with E-state index in [0.717, 1.165) is 12.8 Å². The summed E-state index contributed by atoms with van der Waals surface area (Å²) >= 11 is 0. The van der Waals surface area contributed by atoms with Gasteiger partial charge in [0.1, 0.15) is 5.82 Å². The molecule has 1 amide bonds. The van der Waals surface area contributed by atoms with Crippen LogP contribution in [0, 0.1) is 5.82 Å². The number of halogens is 1. The Hall–Kier alpha value is -2.21. The van der Waals surface area contributed by atoms with Gasteiger partial charge < -0.3 is 14.5 Å². The van der Waals surface area contributed by atoms with Crippen molar-refractivity contribution in [1.29, 1.82) is 0 Å². The van der Waals surface area contributed by atoms with Crippen LogP contribution in [0.1, 0.15) is 37.2 Å². The number of carbonyl (C=O) groups excluding carboxylic acids is 1. The maximum Gasteiger partial charge on any atom is 0.276 e. The van der Waals surface area contributed by atoms with E-state index in [2.05, 4.69) is 5.16 Å². The first-order valence-electron chi connectivity index (χ1n) is 7.63. The standard InChI is InChI=1S/C17H19FN2O3/c1-17(2,22)15-8-5-9-20(15)16(21)13-10-14(23-19-13)11-6-3-4-7-12(11)18/h3-4,6-7,10,15,22H,5,8-9H2,1-2H3. The van der Waals surface area contributed by atoms with Gasteiger partial charge in [0.25, 0.3) is 5.91 Å². The summed E-state index contributed by atoms with van der Waals surface area (Å²) < 4.78 is 18.9. The van der Waals surface area contributed by atoms with Gasteiger partial charge in [-0.2, -0.15) is 0 Å². The third-order valence-electron chi connectivity index (χ3n) is 4.20. The molecule has 0 spiro atoms. The van der Waals surface area contributed by atoms with Gasteiger partial charge in [0.05, 0.1) is 17.2 Å². The van der Waals surface area contributed by atoms with E-state index in [1.807, 2.05) is 0 Å². The second kappa shape index (κ2) is 5.77. The molecule has 0 bridgehead atoms. The van der Waals surface area contributed by atoms with Crippen LogP contribution in [0.4, 0.5) is 4.39 Å². The van der Waals surface area contributed by atoms with Crippen LogP contribution in [0.5, 0.6) is 0 Å². The zero-order chi connectivity index (χ0) is 16.6. The molecule has 2 heterocycles. The summed E-state index contributed by atoms with van der Waals surface area (Å²) in [6, 6.07) is 7.35. The maximum absolute atomic E-state index is 13.8. The second-order valence-corrected chi connectivity index (χ2v) is 6.37. The lowest BCUT2D eigenvalue weighted by atomic mass is 9.96. The van der Waals surface area contributed by atoms with E-state index in [9.17, 15) is 14.3 Å². The third kappa shape index (κ3) is 2.99. The molecule has 122 valence electrons. The topological polar surface area (TPSA) is 66.6 Å². The monoisotopic (exact) mass is 318 g/mol. The van der Waals surface area contributed by atoms with Gasteiger partial charge in [-0.05, 0) is 38.8 Å². The number of hydrogen-bond donors (Lipinski definition) is 1. The molecule has 1 aromatic heterocycles. The number of benzene rings is 1. The molecule has 1 saturated heterocycles. The van der Waals surface area contributed by atoms with Crippen molar-refractivity contribution in [3.05, 3.63) is 41.8 Å². The second-order valence-electron chi connectivity index (χ2n) is 6.37. The molecule has 1 unspecified atom stereocenters. The van der Waals surface area contributed by atoms with Gasteiger partial charge in [-0.15, -0.1) is 0 Å². The van der Waals surface area contributed by atoms with Crippen molar-refractivity contribution in [1.82, 2.24) is 10.1 Å². The molecule has 1 aliphatic heterocycles. The summed E-state index contributed by atoms with van der Waals surface area (Å²) in [5, 5.41) is 14.0. The van der Waals surface area contributed by atoms with Gasteiger partial charge in [-0.1, -0.05) is 17.3 Å². The molecule has 0 saturated carbocycles. The predicted molar refractivity (Wildman–Crippen MR) is 82.3 cm³/mol. The van der Waals surface area contributed by atoms with Crippen molar-refractivity contribution in [3.63, 3.8) is 0 Å². The molecule has 3 rings (SSSR count). The number of likely N-dealkylation sites (tertiary alicyclic amines) is 1. The fourth-order valence-corrected chi connectivity index (χ4v) is 3.06. The molecule has 5 nitrogen and oxygen atoms in total. The minimum absolute atomic E-state index is 0.124. The number of nitrogens with zero attached hydrogens (tertiary/aromatic N) is 2. The first kappa shape index (κ1) is 15.7. The summed E-state index contributed by atoms with van der Waals surface area (Å²) in [5.41, 5.74) is -0.594. The van der Waals surface area contributed by atoms with Gasteiger partial charge in [-0.25, -0.2) is 4.39 Å². The van der Waals surface area contributed by atoms with Crippen LogP contribution in [-0.4, -0.2) is 39.3 Å². The third-order valence-corrected chi connectivity index (χ3v) is 4.20. The zero-order valence-electron chi connectivity index (χ0n) is 13.1. The van der Waals surface area contributed by atoms with Gasteiger partial charge >= 0.3 is 0 Å². The van der Waals surface area contributed by atoms with E-state index in [4.69, 9.17) is 4.52 Å². The number of rotatable bonds is 3. The summed E-state index contributed by atoms with van der Waals surface area (Å²) in [6.45, 7) is 3.95. The normalized spacial score (nSPS) is 18.4. The Balaban J connectivity index is 1.86. The largest absolute Gasteiger partial charge is 0.388 e. The Labute approximate surface area is 133 Å². The van der Waals surface area contributed by atoms with E-state index < -0.39 is 11.4 Å². The number of amides is 1. The van der Waals surface area contributed by atoms with Crippen LogP contribution >= 0.6 is 0 Å². The van der Waals surface area contributed by atoms with Gasteiger partial charge in [0, 0.05) is 12.6 Å². The molecule has 1 aromatic carbocycles. The first-order chi connectivity index (χ1) is 10.9. The van der Waals surface area contributed by atoms with Crippen LogP contribution < -0.4 is 0 Å². The minimum atomic E-state index is -0.982. The van der Waals surface area contributed by atoms with Crippen molar-refractivity contribution in [2.24, 2.45) is 0 Å². The van der Waals surface area contributed by atoms with Crippen LogP contribution in [0.15, 0.2) is 34.9 Å². The van der Waals surface area contributed by atoms with Gasteiger partial charge in [0.2, 0.25) is 0 Å². The summed E-state index contributed by atoms with van der Waals surface area (Å²) in [4.78, 5) is 14.2. The Morgan fingerprint density at radius 2 is 2.17 bits per heavy atom. The van der Waals surface area contributed by atoms with E-state index in [-0.39, 0.29) is 29.0 Å². The Bertz CT molecular complexity index is 721. The highest BCUT2D eigenvalue weighted by atomic mass is 19.1. The number of hydrogen-bond acceptors (Lipinski definition) is 4. The zero-order valence-corrected chi connectivity index (χ0v) is 13.1. The number of carbonyl (C=O) groups is 1. The molecular weight excluding hydrogens is 299 g/mol. The average Bonchev–Trinajstić information content (AvgIpc) is 3.16. The highest BCUT2D eigenvalue weighted by Crippen LogP contribution is 2.29. The smallest absolute Gasteiger partial charge is 0.276 e. The molecular formula is C17H19FN2O3. The highest BCUT2D eigenvalue weighted by molar-refractivity contribution is 5.93. The van der Waals surface area contributed by atoms with Crippen LogP contribution in [0.3, 0.4) is 0 Å².